The van der Waals surface area contributed by atoms with E-state index in [1.807, 2.05) is 0 Å². The Morgan fingerprint density at radius 2 is 1.58 bits per heavy atom. The molecule has 0 saturated carbocycles. The van der Waals surface area contributed by atoms with Crippen LogP contribution in [0.5, 0.6) is 0 Å². The Morgan fingerprint density at radius 3 is 2.12 bits per heavy atom. The van der Waals surface area contributed by atoms with Crippen LogP contribution in [0.1, 0.15) is 16.7 Å². The van der Waals surface area contributed by atoms with E-state index in [1.54, 1.807) is 0 Å². The second kappa shape index (κ2) is 6.28. The van der Waals surface area contributed by atoms with E-state index in [1.165, 1.54) is 25.1 Å². The summed E-state index contributed by atoms with van der Waals surface area (Å²) in [5, 5.41) is 0. The highest BCUT2D eigenvalue weighted by atomic mass is 32.2. The fraction of sp³-hybridized carbons (Fsp3) is 0.167. The van der Waals surface area contributed by atoms with E-state index in [0.717, 1.165) is 12.1 Å². The number of hydrogen-bond donors (Lipinski definition) is 0. The molecule has 1 heterocycles. The quantitative estimate of drug-likeness (QED) is 0.765. The first-order valence-corrected chi connectivity index (χ1v) is 9.35. The standard InChI is InChI=1S/C18H13F3O4S/c1-9-5-10(3-4-13(9)19)16-12(8-25-18(16)22)11-6-14(20)17(15(21)7-11)26(2,23)24/h3-7H,8H2,1-2H3. The predicted molar refractivity (Wildman–Crippen MR) is 88.4 cm³/mol. The number of benzene rings is 2. The Hall–Kier alpha value is -2.61. The Morgan fingerprint density at radius 1 is 0.962 bits per heavy atom. The molecule has 1 aliphatic heterocycles. The zero-order chi connectivity index (χ0) is 19.2. The zero-order valence-corrected chi connectivity index (χ0v) is 14.6. The molecule has 8 heteroatoms. The minimum Gasteiger partial charge on any atom is -0.457 e. The number of carbonyl (C=O) groups is 1. The molecule has 0 fully saturated rings. The second-order valence-electron chi connectivity index (χ2n) is 5.93. The van der Waals surface area contributed by atoms with Gasteiger partial charge in [0.2, 0.25) is 0 Å². The normalized spacial score (nSPS) is 14.7. The molecule has 0 spiro atoms. The van der Waals surface area contributed by atoms with Gasteiger partial charge in [0.05, 0.1) is 5.57 Å². The highest BCUT2D eigenvalue weighted by Gasteiger charge is 2.30. The molecular weight excluding hydrogens is 369 g/mol. The smallest absolute Gasteiger partial charge is 0.339 e. The van der Waals surface area contributed by atoms with Crippen LogP contribution in [0.15, 0.2) is 35.2 Å². The molecule has 0 saturated heterocycles. The van der Waals surface area contributed by atoms with Crippen molar-refractivity contribution >= 4 is 27.0 Å². The lowest BCUT2D eigenvalue weighted by molar-refractivity contribution is -0.133. The van der Waals surface area contributed by atoms with Gasteiger partial charge in [0, 0.05) is 11.8 Å². The molecule has 1 aliphatic rings. The first-order chi connectivity index (χ1) is 12.1. The first kappa shape index (κ1) is 18.2. The van der Waals surface area contributed by atoms with Gasteiger partial charge in [-0.2, -0.15) is 0 Å². The maximum absolute atomic E-state index is 14.2. The van der Waals surface area contributed by atoms with E-state index in [-0.39, 0.29) is 23.3 Å². The monoisotopic (exact) mass is 382 g/mol. The molecule has 0 radical (unpaired) electrons. The van der Waals surface area contributed by atoms with Gasteiger partial charge >= 0.3 is 5.97 Å². The van der Waals surface area contributed by atoms with Gasteiger partial charge in [-0.15, -0.1) is 0 Å². The maximum Gasteiger partial charge on any atom is 0.339 e. The number of aryl methyl sites for hydroxylation is 1. The van der Waals surface area contributed by atoms with Crippen LogP contribution in [0.2, 0.25) is 0 Å². The number of sulfone groups is 1. The van der Waals surface area contributed by atoms with E-state index < -0.39 is 38.2 Å². The summed E-state index contributed by atoms with van der Waals surface area (Å²) < 4.78 is 69.8. The highest BCUT2D eigenvalue weighted by Crippen LogP contribution is 2.35. The molecule has 4 nitrogen and oxygen atoms in total. The van der Waals surface area contributed by atoms with Crippen molar-refractivity contribution in [2.24, 2.45) is 0 Å². The van der Waals surface area contributed by atoms with E-state index in [2.05, 4.69) is 0 Å². The van der Waals surface area contributed by atoms with E-state index in [4.69, 9.17) is 4.74 Å². The number of carbonyl (C=O) groups excluding carboxylic acids is 1. The van der Waals surface area contributed by atoms with Gasteiger partial charge in [0.15, 0.2) is 9.84 Å². The third kappa shape index (κ3) is 3.12. The summed E-state index contributed by atoms with van der Waals surface area (Å²) in [6.07, 6.45) is 0.697. The van der Waals surface area contributed by atoms with Crippen molar-refractivity contribution in [3.63, 3.8) is 0 Å². The second-order valence-corrected chi connectivity index (χ2v) is 7.89. The summed E-state index contributed by atoms with van der Waals surface area (Å²) in [5.41, 5.74) is 0.862. The number of cyclic esters (lactones) is 1. The maximum atomic E-state index is 14.2. The van der Waals surface area contributed by atoms with Crippen molar-refractivity contribution in [3.8, 4) is 0 Å². The van der Waals surface area contributed by atoms with Crippen LogP contribution in [0.3, 0.4) is 0 Å². The molecule has 0 amide bonds. The van der Waals surface area contributed by atoms with Gasteiger partial charge in [-0.25, -0.2) is 26.4 Å². The molecule has 26 heavy (non-hydrogen) atoms. The summed E-state index contributed by atoms with van der Waals surface area (Å²) in [5.74, 6) is -3.69. The van der Waals surface area contributed by atoms with Crippen LogP contribution in [-0.4, -0.2) is 27.2 Å². The molecule has 0 bridgehead atoms. The van der Waals surface area contributed by atoms with Crippen molar-refractivity contribution in [1.29, 1.82) is 0 Å². The predicted octanol–water partition coefficient (Wildman–Crippen LogP) is 3.28. The molecule has 0 aliphatic carbocycles. The lowest BCUT2D eigenvalue weighted by Gasteiger charge is -2.09. The van der Waals surface area contributed by atoms with Crippen molar-refractivity contribution < 1.29 is 31.1 Å². The Bertz CT molecular complexity index is 1050. The van der Waals surface area contributed by atoms with Crippen LogP contribution in [0.25, 0.3) is 11.1 Å². The molecule has 2 aromatic rings. The molecule has 2 aromatic carbocycles. The van der Waals surface area contributed by atoms with Gasteiger partial charge in [-0.3, -0.25) is 0 Å². The van der Waals surface area contributed by atoms with Crippen molar-refractivity contribution in [2.75, 3.05) is 12.9 Å². The average molecular weight is 382 g/mol. The third-order valence-electron chi connectivity index (χ3n) is 4.02. The van der Waals surface area contributed by atoms with Gasteiger partial charge in [0.25, 0.3) is 0 Å². The minimum atomic E-state index is -4.10. The van der Waals surface area contributed by atoms with E-state index in [0.29, 0.717) is 17.4 Å². The van der Waals surface area contributed by atoms with E-state index in [9.17, 15) is 26.4 Å². The van der Waals surface area contributed by atoms with Crippen LogP contribution >= 0.6 is 0 Å². The van der Waals surface area contributed by atoms with Gasteiger partial charge in [0.1, 0.15) is 29.0 Å². The summed E-state index contributed by atoms with van der Waals surface area (Å²) in [4.78, 5) is 11.1. The molecule has 3 rings (SSSR count). The zero-order valence-electron chi connectivity index (χ0n) is 13.8. The lowest BCUT2D eigenvalue weighted by Crippen LogP contribution is -2.06. The van der Waals surface area contributed by atoms with E-state index >= 15 is 0 Å². The Labute approximate surface area is 147 Å². The Balaban J connectivity index is 2.22. The average Bonchev–Trinajstić information content (AvgIpc) is 2.89. The van der Waals surface area contributed by atoms with Crippen molar-refractivity contribution in [3.05, 3.63) is 64.5 Å². The molecule has 0 N–H and O–H groups in total. The molecule has 136 valence electrons. The van der Waals surface area contributed by atoms with Gasteiger partial charge < -0.3 is 4.74 Å². The number of ether oxygens (including phenoxy) is 1. The van der Waals surface area contributed by atoms with Gasteiger partial charge in [-0.1, -0.05) is 6.07 Å². The summed E-state index contributed by atoms with van der Waals surface area (Å²) in [7, 11) is -4.10. The summed E-state index contributed by atoms with van der Waals surface area (Å²) >= 11 is 0. The van der Waals surface area contributed by atoms with Gasteiger partial charge in [-0.05, 0) is 47.9 Å². The molecule has 0 unspecified atom stereocenters. The number of halogens is 3. The lowest BCUT2D eigenvalue weighted by atomic mass is 9.95. The number of hydrogen-bond acceptors (Lipinski definition) is 4. The summed E-state index contributed by atoms with van der Waals surface area (Å²) in [6, 6.07) is 5.64. The van der Waals surface area contributed by atoms with Crippen LogP contribution in [-0.2, 0) is 19.4 Å². The van der Waals surface area contributed by atoms with Crippen LogP contribution in [0, 0.1) is 24.4 Å². The largest absolute Gasteiger partial charge is 0.457 e. The van der Waals surface area contributed by atoms with Crippen molar-refractivity contribution in [2.45, 2.75) is 11.8 Å². The fourth-order valence-corrected chi connectivity index (χ4v) is 3.64. The van der Waals surface area contributed by atoms with Crippen molar-refractivity contribution in [1.82, 2.24) is 0 Å². The molecule has 0 atom stereocenters. The van der Waals surface area contributed by atoms with Crippen LogP contribution in [0.4, 0.5) is 13.2 Å². The first-order valence-electron chi connectivity index (χ1n) is 7.46. The molecular formula is C18H13F3O4S. The SMILES string of the molecule is Cc1cc(C2=C(c3cc(F)c(S(C)(=O)=O)c(F)c3)COC2=O)ccc1F. The number of rotatable bonds is 3. The Kier molecular flexibility index (Phi) is 4.39. The minimum absolute atomic E-state index is 0.0183. The molecule has 0 aromatic heterocycles. The summed E-state index contributed by atoms with van der Waals surface area (Å²) in [6.45, 7) is 1.28. The highest BCUT2D eigenvalue weighted by molar-refractivity contribution is 7.90. The third-order valence-corrected chi connectivity index (χ3v) is 5.15. The van der Waals surface area contributed by atoms with Crippen LogP contribution < -0.4 is 0 Å². The topological polar surface area (TPSA) is 60.4 Å². The fourth-order valence-electron chi connectivity index (χ4n) is 2.81. The number of esters is 1.